The summed E-state index contributed by atoms with van der Waals surface area (Å²) in [5, 5.41) is 24.7. The predicted octanol–water partition coefficient (Wildman–Crippen LogP) is 4.06. The van der Waals surface area contributed by atoms with Gasteiger partial charge in [-0.15, -0.1) is 0 Å². The Labute approximate surface area is 270 Å². The number of likely N-dealkylation sites (tertiary alicyclic amines) is 1. The minimum atomic E-state index is -1.26. The van der Waals surface area contributed by atoms with Crippen LogP contribution in [0.1, 0.15) is 41.9 Å². The van der Waals surface area contributed by atoms with Crippen LogP contribution >= 0.6 is 0 Å². The average Bonchev–Trinajstić information content (AvgIpc) is 3.63. The van der Waals surface area contributed by atoms with Crippen molar-refractivity contribution in [2.45, 2.75) is 25.7 Å². The first kappa shape index (κ1) is 32.6. The quantitative estimate of drug-likeness (QED) is 0.179. The van der Waals surface area contributed by atoms with Gasteiger partial charge in [0.2, 0.25) is 0 Å². The highest BCUT2D eigenvalue weighted by atomic mass is 16.5. The van der Waals surface area contributed by atoms with E-state index in [2.05, 4.69) is 27.1 Å². The van der Waals surface area contributed by atoms with Crippen molar-refractivity contribution >= 4 is 51.3 Å². The number of nitrogens with zero attached hydrogens (tertiary/aromatic N) is 6. The van der Waals surface area contributed by atoms with Gasteiger partial charge in [0.1, 0.15) is 28.8 Å². The number of anilines is 2. The van der Waals surface area contributed by atoms with Crippen molar-refractivity contribution in [1.29, 1.82) is 0 Å². The molecule has 6 rings (SSSR count). The fourth-order valence-electron chi connectivity index (χ4n) is 5.73. The number of ether oxygens (including phenoxy) is 1. The molecular weight excluding hydrogens is 604 g/mol. The summed E-state index contributed by atoms with van der Waals surface area (Å²) in [6, 6.07) is 15.4. The number of piperidine rings is 1. The lowest BCUT2D eigenvalue weighted by molar-refractivity contribution is -0.134. The second-order valence-corrected chi connectivity index (χ2v) is 11.0. The molecule has 0 atom stereocenters. The number of carbonyl (C=O) groups excluding carboxylic acids is 1. The van der Waals surface area contributed by atoms with Gasteiger partial charge in [0.15, 0.2) is 5.82 Å². The van der Waals surface area contributed by atoms with Crippen LogP contribution in [0.4, 0.5) is 11.5 Å². The van der Waals surface area contributed by atoms with Gasteiger partial charge in [-0.3, -0.25) is 4.79 Å². The Morgan fingerprint density at radius 1 is 1.04 bits per heavy atom. The molecule has 0 unspecified atom stereocenters. The number of fused-ring (bicyclic) bond motifs is 2. The maximum absolute atomic E-state index is 13.2. The number of carboxylic acid groups (broad SMARTS) is 2. The Hall–Kier alpha value is -5.76. The van der Waals surface area contributed by atoms with Crippen LogP contribution in [0, 0.1) is 0 Å². The van der Waals surface area contributed by atoms with Crippen LogP contribution < -0.4 is 15.8 Å². The number of aliphatic carboxylic acids is 2. The van der Waals surface area contributed by atoms with Gasteiger partial charge in [-0.05, 0) is 56.7 Å². The number of carbonyl (C=O) groups is 3. The van der Waals surface area contributed by atoms with Crippen molar-refractivity contribution in [1.82, 2.24) is 29.2 Å². The summed E-state index contributed by atoms with van der Waals surface area (Å²) in [4.78, 5) is 43.6. The van der Waals surface area contributed by atoms with Crippen LogP contribution in [0.2, 0.25) is 0 Å². The number of benzene rings is 2. The maximum Gasteiger partial charge on any atom is 0.328 e. The third-order valence-electron chi connectivity index (χ3n) is 8.16. The molecule has 0 radical (unpaired) electrons. The number of methoxy groups -OCH3 is 1. The Morgan fingerprint density at radius 2 is 1.74 bits per heavy atom. The molecule has 1 fully saturated rings. The molecule has 14 heteroatoms. The van der Waals surface area contributed by atoms with E-state index in [0.29, 0.717) is 46.5 Å². The van der Waals surface area contributed by atoms with E-state index in [1.165, 1.54) is 6.33 Å². The molecule has 1 amide bonds. The highest BCUT2D eigenvalue weighted by molar-refractivity contribution is 6.07. The van der Waals surface area contributed by atoms with Gasteiger partial charge in [-0.2, -0.15) is 5.10 Å². The normalized spacial score (nSPS) is 13.9. The summed E-state index contributed by atoms with van der Waals surface area (Å²) in [5.41, 5.74) is 11.6. The van der Waals surface area contributed by atoms with E-state index in [1.54, 1.807) is 11.8 Å². The highest BCUT2D eigenvalue weighted by Crippen LogP contribution is 2.35. The molecule has 3 aromatic heterocycles. The first-order chi connectivity index (χ1) is 22.6. The second kappa shape index (κ2) is 14.1. The van der Waals surface area contributed by atoms with Crippen molar-refractivity contribution in [3.63, 3.8) is 0 Å². The zero-order valence-electron chi connectivity index (χ0n) is 26.3. The monoisotopic (exact) mass is 640 g/mol. The van der Waals surface area contributed by atoms with Gasteiger partial charge >= 0.3 is 11.9 Å². The second-order valence-electron chi connectivity index (χ2n) is 11.0. The van der Waals surface area contributed by atoms with E-state index in [1.807, 2.05) is 60.1 Å². The molecule has 0 aliphatic carbocycles. The summed E-state index contributed by atoms with van der Waals surface area (Å²) in [7, 11) is 3.47. The van der Waals surface area contributed by atoms with Crippen LogP contribution in [0.25, 0.3) is 27.6 Å². The van der Waals surface area contributed by atoms with Gasteiger partial charge in [-0.25, -0.2) is 24.2 Å². The molecule has 244 valence electrons. The van der Waals surface area contributed by atoms with Crippen molar-refractivity contribution in [2.24, 2.45) is 7.05 Å². The fraction of sp³-hybridized carbons (Fsp3) is 0.273. The fourth-order valence-corrected chi connectivity index (χ4v) is 5.73. The first-order valence-corrected chi connectivity index (χ1v) is 15.0. The summed E-state index contributed by atoms with van der Waals surface area (Å²) < 4.78 is 9.37. The number of hydrogen-bond donors (Lipinski definition) is 4. The minimum absolute atomic E-state index is 0.220. The van der Waals surface area contributed by atoms with Crippen LogP contribution in [0.5, 0.6) is 5.75 Å². The van der Waals surface area contributed by atoms with Crippen molar-refractivity contribution < 1.29 is 29.3 Å². The van der Waals surface area contributed by atoms with Crippen LogP contribution in [-0.4, -0.2) is 84.0 Å². The number of aromatic nitrogens is 5. The number of amides is 1. The molecule has 47 heavy (non-hydrogen) atoms. The Bertz CT molecular complexity index is 1960. The van der Waals surface area contributed by atoms with Crippen molar-refractivity contribution in [2.75, 3.05) is 37.8 Å². The molecule has 5 aromatic rings. The molecule has 2 aromatic carbocycles. The number of nitrogens with one attached hydrogen (secondary N) is 1. The zero-order valence-corrected chi connectivity index (χ0v) is 26.3. The Morgan fingerprint density at radius 3 is 2.38 bits per heavy atom. The first-order valence-electron chi connectivity index (χ1n) is 15.0. The van der Waals surface area contributed by atoms with Gasteiger partial charge in [-0.1, -0.05) is 25.1 Å². The van der Waals surface area contributed by atoms with Gasteiger partial charge in [0.25, 0.3) is 5.91 Å². The lowest BCUT2D eigenvalue weighted by atomic mass is 9.93. The van der Waals surface area contributed by atoms with E-state index in [9.17, 15) is 14.4 Å². The Balaban J connectivity index is 0.000000483. The minimum Gasteiger partial charge on any atom is -0.494 e. The lowest BCUT2D eigenvalue weighted by Crippen LogP contribution is -2.32. The summed E-state index contributed by atoms with van der Waals surface area (Å²) in [6.07, 6.45) is 4.66. The van der Waals surface area contributed by atoms with Gasteiger partial charge in [0.05, 0.1) is 24.2 Å². The molecule has 0 spiro atoms. The average molecular weight is 641 g/mol. The summed E-state index contributed by atoms with van der Waals surface area (Å²) >= 11 is 0. The topological polar surface area (TPSA) is 191 Å². The van der Waals surface area contributed by atoms with E-state index in [-0.39, 0.29) is 5.91 Å². The lowest BCUT2D eigenvalue weighted by Gasteiger charge is -2.30. The van der Waals surface area contributed by atoms with Crippen LogP contribution in [-0.2, 0) is 16.6 Å². The largest absolute Gasteiger partial charge is 0.494 e. The third-order valence-corrected chi connectivity index (χ3v) is 8.16. The van der Waals surface area contributed by atoms with Crippen LogP contribution in [0.15, 0.2) is 67.0 Å². The number of aryl methyl sites for hydroxylation is 1. The number of nitrogen functional groups attached to an aromatic ring is 1. The molecule has 1 saturated heterocycles. The van der Waals surface area contributed by atoms with E-state index < -0.39 is 11.9 Å². The molecule has 1 aliphatic heterocycles. The molecule has 4 heterocycles. The molecule has 0 bridgehead atoms. The number of rotatable bonds is 8. The number of carboxylic acids is 2. The highest BCUT2D eigenvalue weighted by Gasteiger charge is 2.27. The number of hydrogen-bond acceptors (Lipinski definition) is 9. The van der Waals surface area contributed by atoms with E-state index >= 15 is 0 Å². The number of para-hydroxylation sites is 1. The SMILES string of the molecule is CCN1CCC(c2nn(-c3ccc(NC(=O)c4cc5ccccc5n4C)c(OC)c3)c3c(N)ncnc23)CC1.O=C(O)C=CC(=O)O. The smallest absolute Gasteiger partial charge is 0.328 e. The zero-order chi connectivity index (χ0) is 33.7. The van der Waals surface area contributed by atoms with Crippen LogP contribution in [0.3, 0.4) is 0 Å². The summed E-state index contributed by atoms with van der Waals surface area (Å²) in [5.74, 6) is -1.55. The molecular formula is C33H36N8O6. The Kier molecular flexibility index (Phi) is 9.80. The standard InChI is InChI=1S/C29H32N8O2.C4H4O4/c1-4-36-13-11-18(12-14-36)25-26-27(28(30)32-17-31-26)37(34-25)20-9-10-21(24(16-20)39-3)33-29(38)23-15-19-7-5-6-8-22(19)35(23)2;5-3(6)1-2-4(7)8/h5-10,15-18H,4,11-14H2,1-3H3,(H,33,38)(H2,30,31,32);1-2H,(H,5,6)(H,7,8). The molecule has 5 N–H and O–H groups in total. The molecule has 0 saturated carbocycles. The number of nitrogens with two attached hydrogens (primary N) is 1. The van der Waals surface area contributed by atoms with Gasteiger partial charge in [0, 0.05) is 42.1 Å². The summed E-state index contributed by atoms with van der Waals surface area (Å²) in [6.45, 7) is 5.32. The van der Waals surface area contributed by atoms with Crippen molar-refractivity contribution in [3.8, 4) is 11.4 Å². The van der Waals surface area contributed by atoms with E-state index in [4.69, 9.17) is 25.8 Å². The van der Waals surface area contributed by atoms with E-state index in [0.717, 1.165) is 60.3 Å². The molecule has 14 nitrogen and oxygen atoms in total. The molecule has 1 aliphatic rings. The third kappa shape index (κ3) is 7.07. The van der Waals surface area contributed by atoms with Crippen molar-refractivity contribution in [3.05, 3.63) is 78.4 Å². The maximum atomic E-state index is 13.2. The predicted molar refractivity (Wildman–Crippen MR) is 177 cm³/mol. The van der Waals surface area contributed by atoms with Gasteiger partial charge < -0.3 is 35.5 Å².